The van der Waals surface area contributed by atoms with Crippen LogP contribution in [0.4, 0.5) is 0 Å². The molecule has 0 radical (unpaired) electrons. The standard InChI is InChI=1S/C23H45N5.HI/c1-3-26-17-19-27(20-18-26)15-9-8-14-25-22(24-2)28-16-10-13-23(21-28)11-6-4-5-7-12-23;/h3-21H2,1-2H3,(H,24,25);1H. The van der Waals surface area contributed by atoms with Gasteiger partial charge in [0, 0.05) is 52.9 Å². The predicted octanol–water partition coefficient (Wildman–Crippen LogP) is 4.03. The van der Waals surface area contributed by atoms with Crippen molar-refractivity contribution in [2.24, 2.45) is 10.4 Å². The van der Waals surface area contributed by atoms with Crippen molar-refractivity contribution in [3.63, 3.8) is 0 Å². The number of likely N-dealkylation sites (tertiary alicyclic amines) is 1. The van der Waals surface area contributed by atoms with E-state index >= 15 is 0 Å². The number of likely N-dealkylation sites (N-methyl/N-ethyl adjacent to an activating group) is 1. The molecule has 2 heterocycles. The molecular weight excluding hydrogens is 473 g/mol. The highest BCUT2D eigenvalue weighted by Crippen LogP contribution is 2.42. The van der Waals surface area contributed by atoms with Gasteiger partial charge in [-0.1, -0.05) is 32.6 Å². The molecule has 0 unspecified atom stereocenters. The summed E-state index contributed by atoms with van der Waals surface area (Å²) in [6, 6.07) is 0. The van der Waals surface area contributed by atoms with Crippen LogP contribution < -0.4 is 5.32 Å². The fraction of sp³-hybridized carbons (Fsp3) is 0.957. The second kappa shape index (κ2) is 13.4. The first kappa shape index (κ1) is 25.2. The van der Waals surface area contributed by atoms with E-state index in [0.29, 0.717) is 5.41 Å². The van der Waals surface area contributed by atoms with Gasteiger partial charge in [-0.15, -0.1) is 24.0 Å². The summed E-state index contributed by atoms with van der Waals surface area (Å²) < 4.78 is 0. The highest BCUT2D eigenvalue weighted by molar-refractivity contribution is 14.0. The molecule has 1 spiro atoms. The number of hydrogen-bond donors (Lipinski definition) is 1. The van der Waals surface area contributed by atoms with Crippen molar-refractivity contribution in [3.8, 4) is 0 Å². The van der Waals surface area contributed by atoms with Crippen molar-refractivity contribution >= 4 is 29.9 Å². The molecule has 3 fully saturated rings. The summed E-state index contributed by atoms with van der Waals surface area (Å²) in [5, 5.41) is 3.68. The van der Waals surface area contributed by atoms with Crippen molar-refractivity contribution in [2.75, 3.05) is 66.0 Å². The second-order valence-electron chi connectivity index (χ2n) is 9.40. The zero-order valence-corrected chi connectivity index (χ0v) is 21.5. The molecule has 6 heteroatoms. The number of piperazine rings is 1. The van der Waals surface area contributed by atoms with E-state index < -0.39 is 0 Å². The molecule has 0 aromatic heterocycles. The number of halogens is 1. The third-order valence-electron chi connectivity index (χ3n) is 7.43. The van der Waals surface area contributed by atoms with E-state index in [0.717, 1.165) is 12.5 Å². The quantitative estimate of drug-likeness (QED) is 0.249. The Morgan fingerprint density at radius 3 is 2.17 bits per heavy atom. The van der Waals surface area contributed by atoms with Gasteiger partial charge in [0.05, 0.1) is 0 Å². The lowest BCUT2D eigenvalue weighted by molar-refractivity contribution is 0.115. The normalized spacial score (nSPS) is 24.2. The van der Waals surface area contributed by atoms with Crippen molar-refractivity contribution in [1.29, 1.82) is 0 Å². The molecule has 1 N–H and O–H groups in total. The maximum atomic E-state index is 4.63. The highest BCUT2D eigenvalue weighted by atomic mass is 127. The minimum atomic E-state index is 0. The third-order valence-corrected chi connectivity index (χ3v) is 7.43. The third kappa shape index (κ3) is 7.84. The largest absolute Gasteiger partial charge is 0.356 e. The van der Waals surface area contributed by atoms with Crippen molar-refractivity contribution in [3.05, 3.63) is 0 Å². The van der Waals surface area contributed by atoms with Crippen LogP contribution in [0.3, 0.4) is 0 Å². The van der Waals surface area contributed by atoms with E-state index in [1.165, 1.54) is 117 Å². The molecule has 3 rings (SSSR count). The lowest BCUT2D eigenvalue weighted by atomic mass is 9.74. The number of rotatable bonds is 6. The van der Waals surface area contributed by atoms with E-state index in [9.17, 15) is 0 Å². The first-order valence-electron chi connectivity index (χ1n) is 12.1. The molecule has 0 aromatic rings. The van der Waals surface area contributed by atoms with E-state index in [4.69, 9.17) is 0 Å². The molecule has 1 saturated carbocycles. The van der Waals surface area contributed by atoms with Gasteiger partial charge in [0.25, 0.3) is 0 Å². The smallest absolute Gasteiger partial charge is 0.193 e. The van der Waals surface area contributed by atoms with E-state index in [-0.39, 0.29) is 24.0 Å². The van der Waals surface area contributed by atoms with Crippen LogP contribution in [0.5, 0.6) is 0 Å². The molecule has 2 aliphatic heterocycles. The van der Waals surface area contributed by atoms with Crippen LogP contribution in [0.1, 0.15) is 71.1 Å². The van der Waals surface area contributed by atoms with E-state index in [1.807, 2.05) is 7.05 Å². The Balaban J connectivity index is 0.00000300. The van der Waals surface area contributed by atoms with Gasteiger partial charge in [-0.05, 0) is 57.0 Å². The van der Waals surface area contributed by atoms with Gasteiger partial charge in [-0.25, -0.2) is 0 Å². The Bertz CT molecular complexity index is 468. The minimum absolute atomic E-state index is 0. The summed E-state index contributed by atoms with van der Waals surface area (Å²) in [6.45, 7) is 13.2. The van der Waals surface area contributed by atoms with Crippen LogP contribution in [0.25, 0.3) is 0 Å². The maximum absolute atomic E-state index is 4.63. The van der Waals surface area contributed by atoms with Crippen molar-refractivity contribution in [2.45, 2.75) is 71.1 Å². The zero-order valence-electron chi connectivity index (χ0n) is 19.1. The molecule has 3 aliphatic rings. The average molecular weight is 520 g/mol. The van der Waals surface area contributed by atoms with Gasteiger partial charge in [-0.3, -0.25) is 4.99 Å². The van der Waals surface area contributed by atoms with Crippen molar-refractivity contribution < 1.29 is 0 Å². The Labute approximate surface area is 197 Å². The van der Waals surface area contributed by atoms with Gasteiger partial charge in [0.2, 0.25) is 0 Å². The lowest BCUT2D eigenvalue weighted by Crippen LogP contribution is -2.50. The number of hydrogen-bond acceptors (Lipinski definition) is 3. The first-order valence-corrected chi connectivity index (χ1v) is 12.1. The molecule has 170 valence electrons. The summed E-state index contributed by atoms with van der Waals surface area (Å²) in [5.74, 6) is 1.15. The molecule has 0 aromatic carbocycles. The molecule has 0 atom stereocenters. The summed E-state index contributed by atoms with van der Waals surface area (Å²) in [4.78, 5) is 12.4. The first-order chi connectivity index (χ1) is 13.7. The Kier molecular flexibility index (Phi) is 11.6. The number of nitrogens with zero attached hydrogens (tertiary/aromatic N) is 4. The highest BCUT2D eigenvalue weighted by Gasteiger charge is 2.36. The molecule has 0 bridgehead atoms. The molecule has 0 amide bonds. The van der Waals surface area contributed by atoms with E-state index in [1.54, 1.807) is 0 Å². The maximum Gasteiger partial charge on any atom is 0.193 e. The monoisotopic (exact) mass is 519 g/mol. The molecule has 5 nitrogen and oxygen atoms in total. The fourth-order valence-corrected chi connectivity index (χ4v) is 5.60. The predicted molar refractivity (Wildman–Crippen MR) is 136 cm³/mol. The van der Waals surface area contributed by atoms with Gasteiger partial charge in [0.15, 0.2) is 5.96 Å². The van der Waals surface area contributed by atoms with Crippen LogP contribution in [0.2, 0.25) is 0 Å². The van der Waals surface area contributed by atoms with Gasteiger partial charge in [0.1, 0.15) is 0 Å². The summed E-state index contributed by atoms with van der Waals surface area (Å²) in [6.07, 6.45) is 13.9. The van der Waals surface area contributed by atoms with Crippen LogP contribution in [0.15, 0.2) is 4.99 Å². The molecule has 2 saturated heterocycles. The lowest BCUT2D eigenvalue weighted by Gasteiger charge is -2.44. The second-order valence-corrected chi connectivity index (χ2v) is 9.40. The fourth-order valence-electron chi connectivity index (χ4n) is 5.60. The molecule has 1 aliphatic carbocycles. The number of aliphatic imine (C=N–C) groups is 1. The van der Waals surface area contributed by atoms with Gasteiger partial charge in [-0.2, -0.15) is 0 Å². The minimum Gasteiger partial charge on any atom is -0.356 e. The van der Waals surface area contributed by atoms with E-state index in [2.05, 4.69) is 31.9 Å². The Hall–Kier alpha value is -0.0800. The number of unbranched alkanes of at least 4 members (excludes halogenated alkanes) is 1. The van der Waals surface area contributed by atoms with Crippen LogP contribution in [0, 0.1) is 5.41 Å². The molecular formula is C23H46IN5. The summed E-state index contributed by atoms with van der Waals surface area (Å²) >= 11 is 0. The number of piperidine rings is 1. The Morgan fingerprint density at radius 2 is 1.52 bits per heavy atom. The average Bonchev–Trinajstić information content (AvgIpc) is 2.96. The summed E-state index contributed by atoms with van der Waals surface area (Å²) in [5.41, 5.74) is 0.576. The van der Waals surface area contributed by atoms with Crippen LogP contribution >= 0.6 is 24.0 Å². The topological polar surface area (TPSA) is 34.1 Å². The Morgan fingerprint density at radius 1 is 0.862 bits per heavy atom. The van der Waals surface area contributed by atoms with Crippen LogP contribution in [-0.2, 0) is 0 Å². The molecule has 29 heavy (non-hydrogen) atoms. The zero-order chi connectivity index (χ0) is 19.7. The SMILES string of the molecule is CCN1CCN(CCCCNC(=NC)N2CCCC3(CCCCCC3)C2)CC1.I. The van der Waals surface area contributed by atoms with Crippen LogP contribution in [-0.4, -0.2) is 86.6 Å². The number of guanidine groups is 1. The summed E-state index contributed by atoms with van der Waals surface area (Å²) in [7, 11) is 1.96. The van der Waals surface area contributed by atoms with Gasteiger partial charge < -0.3 is 20.0 Å². The van der Waals surface area contributed by atoms with Crippen molar-refractivity contribution in [1.82, 2.24) is 20.0 Å². The number of nitrogens with one attached hydrogen (secondary N) is 1. The van der Waals surface area contributed by atoms with Gasteiger partial charge >= 0.3 is 0 Å².